The molecule has 4 rings (SSSR count). The van der Waals surface area contributed by atoms with Gasteiger partial charge in [0.15, 0.2) is 0 Å². The van der Waals surface area contributed by atoms with Crippen molar-refractivity contribution in [1.82, 2.24) is 10.2 Å². The molecule has 1 N–H and O–H groups in total. The molecule has 160 valence electrons. The zero-order valence-corrected chi connectivity index (χ0v) is 18.1. The first-order chi connectivity index (χ1) is 15.1. The first kappa shape index (κ1) is 21.5. The zero-order valence-electron chi connectivity index (χ0n) is 17.3. The van der Waals surface area contributed by atoms with Crippen molar-refractivity contribution in [2.24, 2.45) is 5.92 Å². The Morgan fingerprint density at radius 1 is 0.935 bits per heavy atom. The number of nitrogens with one attached hydrogen (secondary N) is 1. The Bertz CT molecular complexity index is 945. The minimum Gasteiger partial charge on any atom is -0.345 e. The highest BCUT2D eigenvalue weighted by atomic mass is 35.5. The number of hydrogen-bond acceptors (Lipinski definition) is 2. The van der Waals surface area contributed by atoms with Crippen molar-refractivity contribution < 1.29 is 9.18 Å². The van der Waals surface area contributed by atoms with E-state index in [-0.39, 0.29) is 23.7 Å². The molecule has 0 bridgehead atoms. The molecular formula is C26H26ClFN2O. The van der Waals surface area contributed by atoms with Gasteiger partial charge in [-0.3, -0.25) is 9.69 Å². The molecule has 1 saturated heterocycles. The molecule has 3 aromatic rings. The monoisotopic (exact) mass is 436 g/mol. The van der Waals surface area contributed by atoms with Crippen molar-refractivity contribution in [2.45, 2.75) is 25.4 Å². The van der Waals surface area contributed by atoms with Crippen molar-refractivity contribution in [1.29, 1.82) is 0 Å². The highest BCUT2D eigenvalue weighted by Crippen LogP contribution is 2.26. The Hall–Kier alpha value is -2.69. The van der Waals surface area contributed by atoms with Gasteiger partial charge in [-0.1, -0.05) is 78.3 Å². The maximum absolute atomic E-state index is 14.1. The molecule has 0 radical (unpaired) electrons. The molecule has 0 unspecified atom stereocenters. The van der Waals surface area contributed by atoms with Gasteiger partial charge in [-0.25, -0.2) is 4.39 Å². The Morgan fingerprint density at radius 3 is 2.06 bits per heavy atom. The molecule has 0 spiro atoms. The number of piperidine rings is 1. The predicted octanol–water partition coefficient (Wildman–Crippen LogP) is 5.60. The van der Waals surface area contributed by atoms with E-state index in [0.29, 0.717) is 17.1 Å². The van der Waals surface area contributed by atoms with E-state index >= 15 is 0 Å². The lowest BCUT2D eigenvalue weighted by atomic mass is 9.93. The molecule has 5 heteroatoms. The molecule has 0 aliphatic carbocycles. The Labute approximate surface area is 187 Å². The fraction of sp³-hybridized carbons (Fsp3) is 0.269. The van der Waals surface area contributed by atoms with Gasteiger partial charge in [0.2, 0.25) is 5.91 Å². The minimum absolute atomic E-state index is 0.0535. The lowest BCUT2D eigenvalue weighted by Crippen LogP contribution is -2.41. The number of amides is 1. The van der Waals surface area contributed by atoms with Crippen molar-refractivity contribution in [3.8, 4) is 0 Å². The van der Waals surface area contributed by atoms with Gasteiger partial charge in [0.05, 0.1) is 6.04 Å². The van der Waals surface area contributed by atoms with E-state index in [1.165, 1.54) is 6.07 Å². The summed E-state index contributed by atoms with van der Waals surface area (Å²) in [5.74, 6) is -0.260. The van der Waals surface area contributed by atoms with Gasteiger partial charge in [0.25, 0.3) is 0 Å². The third-order valence-electron chi connectivity index (χ3n) is 5.95. The van der Waals surface area contributed by atoms with Crippen molar-refractivity contribution in [3.63, 3.8) is 0 Å². The van der Waals surface area contributed by atoms with Crippen molar-refractivity contribution in [3.05, 3.63) is 106 Å². The van der Waals surface area contributed by atoms with Gasteiger partial charge in [0, 0.05) is 23.0 Å². The van der Waals surface area contributed by atoms with Crippen LogP contribution in [0.15, 0.2) is 78.9 Å². The second kappa shape index (κ2) is 10.1. The molecule has 0 saturated carbocycles. The Morgan fingerprint density at radius 2 is 1.52 bits per heavy atom. The Kier molecular flexibility index (Phi) is 7.00. The summed E-state index contributed by atoms with van der Waals surface area (Å²) in [5.41, 5.74) is 2.66. The first-order valence-corrected chi connectivity index (χ1v) is 11.0. The standard InChI is InChI=1S/C26H26ClFN2O/c27-23-12-7-13-24(28)22(23)18-30-16-14-21(15-17-30)26(31)29-25(19-8-3-1-4-9-19)20-10-5-2-6-11-20/h1-13,21,25H,14-18H2,(H,29,31). The van der Waals surface area contributed by atoms with Crippen LogP contribution in [0.4, 0.5) is 4.39 Å². The largest absolute Gasteiger partial charge is 0.345 e. The number of likely N-dealkylation sites (tertiary alicyclic amines) is 1. The maximum Gasteiger partial charge on any atom is 0.223 e. The molecule has 0 atom stereocenters. The topological polar surface area (TPSA) is 32.3 Å². The van der Waals surface area contributed by atoms with E-state index < -0.39 is 0 Å². The maximum atomic E-state index is 14.1. The van der Waals surface area contributed by atoms with Crippen molar-refractivity contribution >= 4 is 17.5 Å². The van der Waals surface area contributed by atoms with E-state index in [1.807, 2.05) is 60.7 Å². The lowest BCUT2D eigenvalue weighted by Gasteiger charge is -2.32. The molecule has 1 heterocycles. The van der Waals surface area contributed by atoms with Crippen LogP contribution in [-0.2, 0) is 11.3 Å². The summed E-state index contributed by atoms with van der Waals surface area (Å²) >= 11 is 6.17. The number of halogens is 2. The molecule has 1 amide bonds. The van der Waals surface area contributed by atoms with Crippen LogP contribution < -0.4 is 5.32 Å². The molecule has 3 nitrogen and oxygen atoms in total. The third kappa shape index (κ3) is 5.33. The number of nitrogens with zero attached hydrogens (tertiary/aromatic N) is 1. The molecule has 0 aromatic heterocycles. The van der Waals surface area contributed by atoms with Gasteiger partial charge >= 0.3 is 0 Å². The summed E-state index contributed by atoms with van der Waals surface area (Å²) in [4.78, 5) is 15.3. The van der Waals surface area contributed by atoms with Crippen LogP contribution in [0.25, 0.3) is 0 Å². The summed E-state index contributed by atoms with van der Waals surface area (Å²) in [6.45, 7) is 1.95. The number of carbonyl (C=O) groups is 1. The minimum atomic E-state index is -0.277. The quantitative estimate of drug-likeness (QED) is 0.545. The van der Waals surface area contributed by atoms with Crippen LogP contribution in [0.5, 0.6) is 0 Å². The van der Waals surface area contributed by atoms with Crippen LogP contribution in [0.2, 0.25) is 5.02 Å². The van der Waals surface area contributed by atoms with Crippen LogP contribution in [0.3, 0.4) is 0 Å². The fourth-order valence-corrected chi connectivity index (χ4v) is 4.39. The van der Waals surface area contributed by atoms with Crippen LogP contribution in [-0.4, -0.2) is 23.9 Å². The molecule has 1 fully saturated rings. The summed E-state index contributed by atoms with van der Waals surface area (Å²) < 4.78 is 14.1. The van der Waals surface area contributed by atoms with Crippen LogP contribution in [0.1, 0.15) is 35.6 Å². The van der Waals surface area contributed by atoms with Crippen molar-refractivity contribution in [2.75, 3.05) is 13.1 Å². The Balaban J connectivity index is 1.39. The summed E-state index contributed by atoms with van der Waals surface area (Å²) in [6.07, 6.45) is 1.49. The highest BCUT2D eigenvalue weighted by Gasteiger charge is 2.28. The number of rotatable bonds is 6. The van der Waals surface area contributed by atoms with E-state index in [4.69, 9.17) is 11.6 Å². The first-order valence-electron chi connectivity index (χ1n) is 10.7. The van der Waals surface area contributed by atoms with Gasteiger partial charge in [-0.05, 0) is 49.2 Å². The lowest BCUT2D eigenvalue weighted by molar-refractivity contribution is -0.127. The van der Waals surface area contributed by atoms with Gasteiger partial charge in [0.1, 0.15) is 5.82 Å². The van der Waals surface area contributed by atoms with Gasteiger partial charge < -0.3 is 5.32 Å². The van der Waals surface area contributed by atoms with E-state index in [0.717, 1.165) is 37.1 Å². The summed E-state index contributed by atoms with van der Waals surface area (Å²) in [5, 5.41) is 3.72. The predicted molar refractivity (Wildman–Crippen MR) is 122 cm³/mol. The molecule has 1 aliphatic heterocycles. The zero-order chi connectivity index (χ0) is 21.6. The summed E-state index contributed by atoms with van der Waals surface area (Å²) in [7, 11) is 0. The second-order valence-electron chi connectivity index (χ2n) is 8.01. The fourth-order valence-electron chi connectivity index (χ4n) is 4.17. The molecule has 31 heavy (non-hydrogen) atoms. The second-order valence-corrected chi connectivity index (χ2v) is 8.42. The third-order valence-corrected chi connectivity index (χ3v) is 6.31. The average Bonchev–Trinajstić information content (AvgIpc) is 2.81. The summed E-state index contributed by atoms with van der Waals surface area (Å²) in [6, 6.07) is 24.7. The van der Waals surface area contributed by atoms with Gasteiger partial charge in [-0.2, -0.15) is 0 Å². The van der Waals surface area contributed by atoms with E-state index in [1.54, 1.807) is 12.1 Å². The molecule has 1 aliphatic rings. The number of carbonyl (C=O) groups excluding carboxylic acids is 1. The van der Waals surface area contributed by atoms with E-state index in [2.05, 4.69) is 10.2 Å². The molecule has 3 aromatic carbocycles. The number of benzene rings is 3. The van der Waals surface area contributed by atoms with E-state index in [9.17, 15) is 9.18 Å². The van der Waals surface area contributed by atoms with Gasteiger partial charge in [-0.15, -0.1) is 0 Å². The highest BCUT2D eigenvalue weighted by molar-refractivity contribution is 6.31. The smallest absolute Gasteiger partial charge is 0.223 e. The molecular weight excluding hydrogens is 411 g/mol. The SMILES string of the molecule is O=C(NC(c1ccccc1)c1ccccc1)C1CCN(Cc2c(F)cccc2Cl)CC1. The normalized spacial score (nSPS) is 15.2. The van der Waals surface area contributed by atoms with Crippen LogP contribution >= 0.6 is 11.6 Å². The average molecular weight is 437 g/mol. The number of hydrogen-bond donors (Lipinski definition) is 1. The van der Waals surface area contributed by atoms with Crippen LogP contribution in [0, 0.1) is 11.7 Å².